The van der Waals surface area contributed by atoms with Crippen LogP contribution in [0.1, 0.15) is 50.8 Å². The molecule has 0 radical (unpaired) electrons. The lowest BCUT2D eigenvalue weighted by atomic mass is 10.00. The molecule has 2 unspecified atom stereocenters. The molecule has 3 heteroatoms. The Kier molecular flexibility index (Phi) is 5.18. The summed E-state index contributed by atoms with van der Waals surface area (Å²) in [5.41, 5.74) is 2.71. The van der Waals surface area contributed by atoms with Crippen LogP contribution in [0.2, 0.25) is 0 Å². The number of amides is 1. The quantitative estimate of drug-likeness (QED) is 0.837. The fraction of sp³-hybridized carbons (Fsp3) is 0.588. The number of rotatable bonds is 6. The zero-order chi connectivity index (χ0) is 14.5. The zero-order valence-electron chi connectivity index (χ0n) is 12.8. The second-order valence-corrected chi connectivity index (χ2v) is 6.27. The number of hydrogen-bond donors (Lipinski definition) is 2. The van der Waals surface area contributed by atoms with E-state index in [1.54, 1.807) is 0 Å². The van der Waals surface area contributed by atoms with Crippen molar-refractivity contribution in [1.29, 1.82) is 0 Å². The van der Waals surface area contributed by atoms with Crippen LogP contribution < -0.4 is 10.6 Å². The van der Waals surface area contributed by atoms with Gasteiger partial charge in [0.2, 0.25) is 5.91 Å². The Bertz CT molecular complexity index is 439. The van der Waals surface area contributed by atoms with E-state index in [4.69, 9.17) is 0 Å². The van der Waals surface area contributed by atoms with Gasteiger partial charge in [-0.3, -0.25) is 4.79 Å². The van der Waals surface area contributed by atoms with Crippen LogP contribution in [0, 0.1) is 5.92 Å². The molecule has 1 aliphatic rings. The van der Waals surface area contributed by atoms with Gasteiger partial charge in [0, 0.05) is 25.0 Å². The molecular weight excluding hydrogens is 248 g/mol. The SMILES string of the molecule is CC(C)Cc1ccc(C(C)NCC2CCC(=O)N2)cc1. The summed E-state index contributed by atoms with van der Waals surface area (Å²) in [7, 11) is 0. The largest absolute Gasteiger partial charge is 0.352 e. The molecule has 1 aromatic carbocycles. The van der Waals surface area contributed by atoms with E-state index < -0.39 is 0 Å². The van der Waals surface area contributed by atoms with Crippen molar-refractivity contribution in [1.82, 2.24) is 10.6 Å². The number of nitrogens with one attached hydrogen (secondary N) is 2. The molecule has 20 heavy (non-hydrogen) atoms. The third-order valence-corrected chi connectivity index (χ3v) is 3.88. The van der Waals surface area contributed by atoms with E-state index in [2.05, 4.69) is 55.7 Å². The third-order valence-electron chi connectivity index (χ3n) is 3.88. The molecule has 0 saturated carbocycles. The van der Waals surface area contributed by atoms with Crippen LogP contribution in [0.3, 0.4) is 0 Å². The van der Waals surface area contributed by atoms with Gasteiger partial charge >= 0.3 is 0 Å². The lowest BCUT2D eigenvalue weighted by Gasteiger charge is -2.18. The molecule has 2 atom stereocenters. The summed E-state index contributed by atoms with van der Waals surface area (Å²) >= 11 is 0. The number of carbonyl (C=O) groups excluding carboxylic acids is 1. The highest BCUT2D eigenvalue weighted by Gasteiger charge is 2.20. The molecule has 0 bridgehead atoms. The first-order valence-electron chi connectivity index (χ1n) is 7.66. The topological polar surface area (TPSA) is 41.1 Å². The predicted molar refractivity (Wildman–Crippen MR) is 82.6 cm³/mol. The van der Waals surface area contributed by atoms with E-state index in [-0.39, 0.29) is 5.91 Å². The summed E-state index contributed by atoms with van der Waals surface area (Å²) in [5.74, 6) is 0.880. The second-order valence-electron chi connectivity index (χ2n) is 6.27. The molecule has 3 nitrogen and oxygen atoms in total. The van der Waals surface area contributed by atoms with Crippen molar-refractivity contribution in [2.24, 2.45) is 5.92 Å². The molecule has 1 fully saturated rings. The second kappa shape index (κ2) is 6.89. The van der Waals surface area contributed by atoms with E-state index in [1.807, 2.05) is 0 Å². The number of carbonyl (C=O) groups is 1. The van der Waals surface area contributed by atoms with Gasteiger partial charge in [-0.05, 0) is 36.8 Å². The molecule has 2 N–H and O–H groups in total. The summed E-state index contributed by atoms with van der Waals surface area (Å²) in [6, 6.07) is 9.49. The van der Waals surface area contributed by atoms with Crippen LogP contribution >= 0.6 is 0 Å². The van der Waals surface area contributed by atoms with Gasteiger partial charge < -0.3 is 10.6 Å². The molecule has 1 amide bonds. The van der Waals surface area contributed by atoms with Crippen LogP contribution in [0.15, 0.2) is 24.3 Å². The van der Waals surface area contributed by atoms with Crippen molar-refractivity contribution < 1.29 is 4.79 Å². The van der Waals surface area contributed by atoms with Gasteiger partial charge in [-0.2, -0.15) is 0 Å². The van der Waals surface area contributed by atoms with Gasteiger partial charge in [0.05, 0.1) is 0 Å². The van der Waals surface area contributed by atoms with Crippen LogP contribution in [0.4, 0.5) is 0 Å². The normalized spacial score (nSPS) is 20.2. The molecule has 1 aromatic rings. The molecule has 2 rings (SSSR count). The van der Waals surface area contributed by atoms with Gasteiger partial charge in [-0.15, -0.1) is 0 Å². The van der Waals surface area contributed by atoms with E-state index in [1.165, 1.54) is 11.1 Å². The average molecular weight is 274 g/mol. The Labute approximate surface area is 122 Å². The molecule has 1 aliphatic heterocycles. The maximum atomic E-state index is 11.2. The highest BCUT2D eigenvalue weighted by atomic mass is 16.1. The minimum absolute atomic E-state index is 0.183. The first-order valence-corrected chi connectivity index (χ1v) is 7.66. The first-order chi connectivity index (χ1) is 9.54. The Morgan fingerprint density at radius 2 is 1.95 bits per heavy atom. The van der Waals surface area contributed by atoms with E-state index in [0.717, 1.165) is 19.4 Å². The third kappa shape index (κ3) is 4.34. The Balaban J connectivity index is 1.82. The standard InChI is InChI=1S/C17H26N2O/c1-12(2)10-14-4-6-15(7-5-14)13(3)18-11-16-8-9-17(20)19-16/h4-7,12-13,16,18H,8-11H2,1-3H3,(H,19,20). The number of benzene rings is 1. The lowest BCUT2D eigenvalue weighted by molar-refractivity contribution is -0.119. The monoisotopic (exact) mass is 274 g/mol. The molecule has 0 aliphatic carbocycles. The van der Waals surface area contributed by atoms with E-state index in [9.17, 15) is 4.79 Å². The molecule has 1 saturated heterocycles. The van der Waals surface area contributed by atoms with Gasteiger partial charge in [0.1, 0.15) is 0 Å². The fourth-order valence-corrected chi connectivity index (χ4v) is 2.68. The van der Waals surface area contributed by atoms with Crippen LogP contribution in [-0.4, -0.2) is 18.5 Å². The highest BCUT2D eigenvalue weighted by Crippen LogP contribution is 2.16. The smallest absolute Gasteiger partial charge is 0.220 e. The summed E-state index contributed by atoms with van der Waals surface area (Å²) in [6.45, 7) is 7.51. The Hall–Kier alpha value is -1.35. The van der Waals surface area contributed by atoms with Crippen LogP contribution in [0.5, 0.6) is 0 Å². The molecule has 1 heterocycles. The van der Waals surface area contributed by atoms with E-state index >= 15 is 0 Å². The van der Waals surface area contributed by atoms with Crippen molar-refractivity contribution in [3.05, 3.63) is 35.4 Å². The highest BCUT2D eigenvalue weighted by molar-refractivity contribution is 5.78. The minimum Gasteiger partial charge on any atom is -0.352 e. The molecule has 0 aromatic heterocycles. The molecular formula is C17H26N2O. The van der Waals surface area contributed by atoms with Gasteiger partial charge in [0.25, 0.3) is 0 Å². The Morgan fingerprint density at radius 1 is 1.25 bits per heavy atom. The summed E-state index contributed by atoms with van der Waals surface area (Å²) in [4.78, 5) is 11.2. The van der Waals surface area contributed by atoms with Gasteiger partial charge in [0.15, 0.2) is 0 Å². The van der Waals surface area contributed by atoms with Crippen molar-refractivity contribution in [2.75, 3.05) is 6.54 Å². The van der Waals surface area contributed by atoms with Gasteiger partial charge in [-0.25, -0.2) is 0 Å². The van der Waals surface area contributed by atoms with Crippen LogP contribution in [-0.2, 0) is 11.2 Å². The summed E-state index contributed by atoms with van der Waals surface area (Å²) in [6.07, 6.45) is 2.76. The summed E-state index contributed by atoms with van der Waals surface area (Å²) < 4.78 is 0. The van der Waals surface area contributed by atoms with Crippen molar-refractivity contribution in [2.45, 2.75) is 52.1 Å². The maximum Gasteiger partial charge on any atom is 0.220 e. The zero-order valence-corrected chi connectivity index (χ0v) is 12.8. The van der Waals surface area contributed by atoms with Crippen molar-refractivity contribution in [3.63, 3.8) is 0 Å². The Morgan fingerprint density at radius 3 is 2.50 bits per heavy atom. The lowest BCUT2D eigenvalue weighted by Crippen LogP contribution is -2.36. The van der Waals surface area contributed by atoms with Crippen molar-refractivity contribution >= 4 is 5.91 Å². The fourth-order valence-electron chi connectivity index (χ4n) is 2.68. The first kappa shape index (κ1) is 15.0. The van der Waals surface area contributed by atoms with Crippen LogP contribution in [0.25, 0.3) is 0 Å². The average Bonchev–Trinajstić information content (AvgIpc) is 2.82. The molecule has 110 valence electrons. The number of hydrogen-bond acceptors (Lipinski definition) is 2. The van der Waals surface area contributed by atoms with E-state index in [0.29, 0.717) is 24.4 Å². The maximum absolute atomic E-state index is 11.2. The minimum atomic E-state index is 0.183. The van der Waals surface area contributed by atoms with Crippen molar-refractivity contribution in [3.8, 4) is 0 Å². The predicted octanol–water partition coefficient (Wildman–Crippen LogP) is 2.81. The molecule has 0 spiro atoms. The summed E-state index contributed by atoms with van der Waals surface area (Å²) in [5, 5.41) is 6.50. The van der Waals surface area contributed by atoms with Gasteiger partial charge in [-0.1, -0.05) is 38.1 Å².